The molecule has 1 aliphatic rings. The molecule has 0 aliphatic heterocycles. The third-order valence-electron chi connectivity index (χ3n) is 4.14. The summed E-state index contributed by atoms with van der Waals surface area (Å²) in [6, 6.07) is 6.06. The molecule has 2 aromatic heterocycles. The maximum Gasteiger partial charge on any atom is 0.243 e. The van der Waals surface area contributed by atoms with E-state index in [1.165, 1.54) is 25.7 Å². The van der Waals surface area contributed by atoms with Crippen LogP contribution in [0.5, 0.6) is 0 Å². The first-order valence-corrected chi connectivity index (χ1v) is 7.28. The zero-order valence-electron chi connectivity index (χ0n) is 11.8. The number of anilines is 1. The van der Waals surface area contributed by atoms with E-state index in [1.54, 1.807) is 0 Å². The third kappa shape index (κ3) is 2.72. The molecule has 1 fully saturated rings. The van der Waals surface area contributed by atoms with Gasteiger partial charge in [-0.3, -0.25) is 0 Å². The second-order valence-corrected chi connectivity index (χ2v) is 5.89. The van der Waals surface area contributed by atoms with E-state index in [9.17, 15) is 0 Å². The van der Waals surface area contributed by atoms with Gasteiger partial charge in [0.2, 0.25) is 5.95 Å². The molecule has 102 valence electrons. The zero-order chi connectivity index (χ0) is 13.2. The van der Waals surface area contributed by atoms with Gasteiger partial charge in [0.25, 0.3) is 0 Å². The van der Waals surface area contributed by atoms with Crippen LogP contribution in [0.15, 0.2) is 18.2 Å². The van der Waals surface area contributed by atoms with Gasteiger partial charge < -0.3 is 5.32 Å². The van der Waals surface area contributed by atoms with Crippen molar-refractivity contribution < 1.29 is 0 Å². The molecular formula is C15H22N4. The van der Waals surface area contributed by atoms with Crippen molar-refractivity contribution in [2.24, 2.45) is 11.8 Å². The van der Waals surface area contributed by atoms with E-state index in [4.69, 9.17) is 0 Å². The van der Waals surface area contributed by atoms with Crippen LogP contribution in [-0.4, -0.2) is 21.1 Å². The van der Waals surface area contributed by atoms with Gasteiger partial charge in [-0.25, -0.2) is 4.52 Å². The Morgan fingerprint density at radius 1 is 1.37 bits per heavy atom. The summed E-state index contributed by atoms with van der Waals surface area (Å²) in [4.78, 5) is 4.52. The van der Waals surface area contributed by atoms with Crippen molar-refractivity contribution in [1.29, 1.82) is 0 Å². The SMILES string of the molecule is Cc1cccc2nc(NCC3CCCC(C)C3)nn12. The number of fused-ring (bicyclic) bond motifs is 1. The van der Waals surface area contributed by atoms with E-state index in [2.05, 4.69) is 22.3 Å². The number of hydrogen-bond donors (Lipinski definition) is 1. The molecule has 2 aromatic rings. The Kier molecular flexibility index (Phi) is 3.40. The van der Waals surface area contributed by atoms with Crippen LogP contribution in [0.4, 0.5) is 5.95 Å². The highest BCUT2D eigenvalue weighted by Crippen LogP contribution is 2.28. The first-order valence-electron chi connectivity index (χ1n) is 7.28. The summed E-state index contributed by atoms with van der Waals surface area (Å²) in [5, 5.41) is 7.92. The number of aryl methyl sites for hydroxylation is 1. The Balaban J connectivity index is 1.66. The molecule has 2 heterocycles. The van der Waals surface area contributed by atoms with Crippen LogP contribution in [0.2, 0.25) is 0 Å². The summed E-state index contributed by atoms with van der Waals surface area (Å²) in [7, 11) is 0. The van der Waals surface area contributed by atoms with E-state index in [-0.39, 0.29) is 0 Å². The Morgan fingerprint density at radius 3 is 3.05 bits per heavy atom. The fourth-order valence-corrected chi connectivity index (χ4v) is 3.09. The molecule has 4 nitrogen and oxygen atoms in total. The molecule has 2 unspecified atom stereocenters. The molecule has 0 spiro atoms. The highest BCUT2D eigenvalue weighted by molar-refractivity contribution is 5.44. The van der Waals surface area contributed by atoms with Gasteiger partial charge in [-0.1, -0.05) is 25.8 Å². The normalized spacial score (nSPS) is 23.7. The lowest BCUT2D eigenvalue weighted by Gasteiger charge is -2.26. The highest BCUT2D eigenvalue weighted by Gasteiger charge is 2.19. The molecule has 0 bridgehead atoms. The number of pyridine rings is 1. The van der Waals surface area contributed by atoms with Crippen molar-refractivity contribution in [3.05, 3.63) is 23.9 Å². The summed E-state index contributed by atoms with van der Waals surface area (Å²) in [5.41, 5.74) is 2.03. The Morgan fingerprint density at radius 2 is 2.26 bits per heavy atom. The summed E-state index contributed by atoms with van der Waals surface area (Å²) in [6.45, 7) is 5.41. The van der Waals surface area contributed by atoms with Crippen LogP contribution < -0.4 is 5.32 Å². The highest BCUT2D eigenvalue weighted by atomic mass is 15.3. The van der Waals surface area contributed by atoms with Gasteiger partial charge in [0, 0.05) is 12.2 Å². The van der Waals surface area contributed by atoms with E-state index < -0.39 is 0 Å². The van der Waals surface area contributed by atoms with Crippen LogP contribution in [0.25, 0.3) is 5.65 Å². The maximum atomic E-state index is 4.52. The van der Waals surface area contributed by atoms with Crippen LogP contribution in [0.1, 0.15) is 38.3 Å². The Labute approximate surface area is 114 Å². The van der Waals surface area contributed by atoms with Gasteiger partial charge in [-0.2, -0.15) is 4.98 Å². The first-order chi connectivity index (χ1) is 9.22. The monoisotopic (exact) mass is 258 g/mol. The summed E-state index contributed by atoms with van der Waals surface area (Å²) >= 11 is 0. The van der Waals surface area contributed by atoms with E-state index in [0.29, 0.717) is 0 Å². The van der Waals surface area contributed by atoms with Crippen molar-refractivity contribution in [3.63, 3.8) is 0 Å². The van der Waals surface area contributed by atoms with Gasteiger partial charge in [-0.05, 0) is 43.7 Å². The van der Waals surface area contributed by atoms with Crippen molar-refractivity contribution >= 4 is 11.6 Å². The van der Waals surface area contributed by atoms with Gasteiger partial charge in [0.1, 0.15) is 0 Å². The third-order valence-corrected chi connectivity index (χ3v) is 4.14. The minimum atomic E-state index is 0.757. The number of nitrogens with zero attached hydrogens (tertiary/aromatic N) is 3. The number of aromatic nitrogens is 3. The summed E-state index contributed by atoms with van der Waals surface area (Å²) in [6.07, 6.45) is 5.43. The van der Waals surface area contributed by atoms with Gasteiger partial charge in [0.05, 0.1) is 0 Å². The largest absolute Gasteiger partial charge is 0.353 e. The summed E-state index contributed by atoms with van der Waals surface area (Å²) in [5.74, 6) is 2.40. The quantitative estimate of drug-likeness (QED) is 0.918. The van der Waals surface area contributed by atoms with Crippen molar-refractivity contribution in [2.45, 2.75) is 39.5 Å². The zero-order valence-corrected chi connectivity index (χ0v) is 11.8. The smallest absolute Gasteiger partial charge is 0.243 e. The van der Waals surface area contributed by atoms with Gasteiger partial charge in [-0.15, -0.1) is 5.10 Å². The van der Waals surface area contributed by atoms with Crippen LogP contribution in [-0.2, 0) is 0 Å². The Bertz CT molecular complexity index is 560. The second kappa shape index (κ2) is 5.19. The predicted molar refractivity (Wildman–Crippen MR) is 77.3 cm³/mol. The molecule has 1 aliphatic carbocycles. The first kappa shape index (κ1) is 12.5. The van der Waals surface area contributed by atoms with E-state index in [1.807, 2.05) is 29.6 Å². The molecular weight excluding hydrogens is 236 g/mol. The van der Waals surface area contributed by atoms with Gasteiger partial charge >= 0.3 is 0 Å². The predicted octanol–water partition coefficient (Wildman–Crippen LogP) is 3.28. The lowest BCUT2D eigenvalue weighted by atomic mass is 9.82. The van der Waals surface area contributed by atoms with Crippen LogP contribution in [0.3, 0.4) is 0 Å². The molecule has 1 N–H and O–H groups in total. The van der Waals surface area contributed by atoms with Crippen molar-refractivity contribution in [1.82, 2.24) is 14.6 Å². The number of nitrogens with one attached hydrogen (secondary N) is 1. The Hall–Kier alpha value is -1.58. The molecule has 19 heavy (non-hydrogen) atoms. The maximum absolute atomic E-state index is 4.52. The lowest BCUT2D eigenvalue weighted by molar-refractivity contribution is 0.293. The molecule has 4 heteroatoms. The molecule has 0 radical (unpaired) electrons. The molecule has 2 atom stereocenters. The topological polar surface area (TPSA) is 42.2 Å². The minimum Gasteiger partial charge on any atom is -0.353 e. The second-order valence-electron chi connectivity index (χ2n) is 5.89. The molecule has 1 saturated carbocycles. The van der Waals surface area contributed by atoms with Crippen molar-refractivity contribution in [3.8, 4) is 0 Å². The van der Waals surface area contributed by atoms with Crippen LogP contribution >= 0.6 is 0 Å². The van der Waals surface area contributed by atoms with Crippen LogP contribution in [0, 0.1) is 18.8 Å². The molecule has 0 amide bonds. The van der Waals surface area contributed by atoms with Gasteiger partial charge in [0.15, 0.2) is 5.65 Å². The molecule has 3 rings (SSSR count). The average Bonchev–Trinajstić information content (AvgIpc) is 2.81. The standard InChI is InChI=1S/C15H22N4/c1-11-5-3-7-13(9-11)10-16-15-17-14-8-4-6-12(2)19(14)18-15/h4,6,8,11,13H,3,5,7,9-10H2,1-2H3,(H,16,18). The fraction of sp³-hybridized carbons (Fsp3) is 0.600. The van der Waals surface area contributed by atoms with E-state index >= 15 is 0 Å². The minimum absolute atomic E-state index is 0.757. The molecule has 0 aromatic carbocycles. The fourth-order valence-electron chi connectivity index (χ4n) is 3.09. The lowest BCUT2D eigenvalue weighted by Crippen LogP contribution is -2.21. The molecule has 0 saturated heterocycles. The average molecular weight is 258 g/mol. The number of rotatable bonds is 3. The van der Waals surface area contributed by atoms with Crippen molar-refractivity contribution in [2.75, 3.05) is 11.9 Å². The summed E-state index contributed by atoms with van der Waals surface area (Å²) < 4.78 is 1.89. The van der Waals surface area contributed by atoms with E-state index in [0.717, 1.165) is 35.7 Å². The number of hydrogen-bond acceptors (Lipinski definition) is 3.